The molecule has 1 amide bonds. The van der Waals surface area contributed by atoms with Gasteiger partial charge in [-0.25, -0.2) is 0 Å². The summed E-state index contributed by atoms with van der Waals surface area (Å²) < 4.78 is 5.05. The molecular formula is C16H20N2O2. The van der Waals surface area contributed by atoms with Gasteiger partial charge in [-0.1, -0.05) is 6.07 Å². The first-order valence-corrected chi connectivity index (χ1v) is 7.09. The number of methoxy groups -OCH3 is 1. The van der Waals surface area contributed by atoms with E-state index in [0.717, 1.165) is 18.5 Å². The van der Waals surface area contributed by atoms with Crippen molar-refractivity contribution in [2.45, 2.75) is 12.8 Å². The van der Waals surface area contributed by atoms with Crippen LogP contribution in [0.2, 0.25) is 0 Å². The fraction of sp³-hybridized carbons (Fsp3) is 0.438. The molecule has 0 unspecified atom stereocenters. The lowest BCUT2D eigenvalue weighted by Crippen LogP contribution is -2.28. The van der Waals surface area contributed by atoms with Crippen molar-refractivity contribution < 1.29 is 9.53 Å². The molecule has 0 bridgehead atoms. The molecule has 1 aromatic carbocycles. The number of rotatable bonds is 5. The van der Waals surface area contributed by atoms with Gasteiger partial charge in [-0.15, -0.1) is 0 Å². The highest BCUT2D eigenvalue weighted by molar-refractivity contribution is 5.80. The second kappa shape index (κ2) is 5.67. The molecule has 1 aliphatic heterocycles. The Morgan fingerprint density at radius 1 is 1.40 bits per heavy atom. The van der Waals surface area contributed by atoms with Crippen molar-refractivity contribution in [3.8, 4) is 0 Å². The summed E-state index contributed by atoms with van der Waals surface area (Å²) in [7, 11) is 1.67. The first-order valence-electron chi connectivity index (χ1n) is 7.09. The number of aromatic amines is 1. The minimum absolute atomic E-state index is 0.259. The highest BCUT2D eigenvalue weighted by Crippen LogP contribution is 2.23. The van der Waals surface area contributed by atoms with Gasteiger partial charge in [0, 0.05) is 38.3 Å². The van der Waals surface area contributed by atoms with Crippen LogP contribution < -0.4 is 0 Å². The topological polar surface area (TPSA) is 45.3 Å². The number of ether oxygens (including phenoxy) is 1. The number of carbonyl (C=O) groups is 1. The van der Waals surface area contributed by atoms with Crippen LogP contribution in [0.5, 0.6) is 0 Å². The van der Waals surface area contributed by atoms with Crippen LogP contribution in [0, 0.1) is 5.92 Å². The third-order valence-electron chi connectivity index (χ3n) is 4.00. The lowest BCUT2D eigenvalue weighted by atomic mass is 9.98. The van der Waals surface area contributed by atoms with Crippen molar-refractivity contribution in [3.05, 3.63) is 36.0 Å². The zero-order valence-electron chi connectivity index (χ0n) is 11.8. The molecule has 0 radical (unpaired) electrons. The van der Waals surface area contributed by atoms with Gasteiger partial charge in [-0.05, 0) is 41.5 Å². The Bertz CT molecular complexity index is 605. The molecule has 1 aromatic heterocycles. The summed E-state index contributed by atoms with van der Waals surface area (Å²) in [5.41, 5.74) is 2.47. The van der Waals surface area contributed by atoms with Gasteiger partial charge in [0.1, 0.15) is 0 Å². The van der Waals surface area contributed by atoms with Crippen LogP contribution >= 0.6 is 0 Å². The molecule has 1 N–H and O–H groups in total. The number of carbonyl (C=O) groups excluding carboxylic acids is 1. The summed E-state index contributed by atoms with van der Waals surface area (Å²) >= 11 is 0. The molecule has 0 aliphatic carbocycles. The number of H-pyrrole nitrogens is 1. The second-order valence-corrected chi connectivity index (χ2v) is 5.51. The van der Waals surface area contributed by atoms with Gasteiger partial charge in [0.05, 0.1) is 6.61 Å². The number of aromatic nitrogens is 1. The van der Waals surface area contributed by atoms with E-state index in [9.17, 15) is 4.79 Å². The van der Waals surface area contributed by atoms with E-state index in [4.69, 9.17) is 4.74 Å². The minimum Gasteiger partial charge on any atom is -0.383 e. The molecule has 2 heterocycles. The fourth-order valence-corrected chi connectivity index (χ4v) is 2.97. The molecule has 0 spiro atoms. The lowest BCUT2D eigenvalue weighted by Gasteiger charge is -2.16. The largest absolute Gasteiger partial charge is 0.383 e. The molecule has 1 fully saturated rings. The number of hydrogen-bond acceptors (Lipinski definition) is 2. The summed E-state index contributed by atoms with van der Waals surface area (Å²) in [4.78, 5) is 17.0. The van der Waals surface area contributed by atoms with Crippen molar-refractivity contribution in [3.63, 3.8) is 0 Å². The molecule has 1 saturated heterocycles. The Labute approximate surface area is 118 Å². The van der Waals surface area contributed by atoms with E-state index in [2.05, 4.69) is 29.2 Å². The van der Waals surface area contributed by atoms with Crippen LogP contribution in [0.1, 0.15) is 12.0 Å². The first kappa shape index (κ1) is 13.2. The van der Waals surface area contributed by atoms with Crippen LogP contribution in [0.3, 0.4) is 0 Å². The third kappa shape index (κ3) is 2.70. The minimum atomic E-state index is 0.259. The zero-order valence-corrected chi connectivity index (χ0v) is 11.8. The normalized spacial score (nSPS) is 19.1. The Balaban J connectivity index is 1.64. The van der Waals surface area contributed by atoms with Crippen molar-refractivity contribution in [2.75, 3.05) is 26.8 Å². The molecule has 106 valence electrons. The van der Waals surface area contributed by atoms with Crippen LogP contribution in [0.15, 0.2) is 30.5 Å². The summed E-state index contributed by atoms with van der Waals surface area (Å²) in [5, 5.41) is 1.24. The monoisotopic (exact) mass is 272 g/mol. The van der Waals surface area contributed by atoms with E-state index >= 15 is 0 Å². The maximum absolute atomic E-state index is 11.9. The molecule has 3 rings (SSSR count). The number of benzene rings is 1. The quantitative estimate of drug-likeness (QED) is 0.907. The lowest BCUT2D eigenvalue weighted by molar-refractivity contribution is -0.128. The second-order valence-electron chi connectivity index (χ2n) is 5.51. The number of hydrogen-bond donors (Lipinski definition) is 1. The molecule has 4 nitrogen and oxygen atoms in total. The van der Waals surface area contributed by atoms with E-state index < -0.39 is 0 Å². The Morgan fingerprint density at radius 2 is 2.30 bits per heavy atom. The van der Waals surface area contributed by atoms with Crippen LogP contribution in [0.4, 0.5) is 0 Å². The van der Waals surface area contributed by atoms with E-state index in [1.54, 1.807) is 7.11 Å². The summed E-state index contributed by atoms with van der Waals surface area (Å²) in [6, 6.07) is 8.57. The fourth-order valence-electron chi connectivity index (χ4n) is 2.97. The van der Waals surface area contributed by atoms with Gasteiger partial charge in [-0.2, -0.15) is 0 Å². The van der Waals surface area contributed by atoms with Crippen LogP contribution in [0.25, 0.3) is 10.9 Å². The maximum Gasteiger partial charge on any atom is 0.223 e. The van der Waals surface area contributed by atoms with Gasteiger partial charge >= 0.3 is 0 Å². The highest BCUT2D eigenvalue weighted by atomic mass is 16.5. The molecule has 4 heteroatoms. The predicted octanol–water partition coefficient (Wildman–Crippen LogP) is 2.21. The molecule has 20 heavy (non-hydrogen) atoms. The van der Waals surface area contributed by atoms with Crippen molar-refractivity contribution in [2.24, 2.45) is 5.92 Å². The van der Waals surface area contributed by atoms with Crippen molar-refractivity contribution >= 4 is 16.8 Å². The van der Waals surface area contributed by atoms with Crippen LogP contribution in [-0.4, -0.2) is 42.6 Å². The number of nitrogens with zero attached hydrogens (tertiary/aromatic N) is 1. The molecule has 0 saturated carbocycles. The third-order valence-corrected chi connectivity index (χ3v) is 4.00. The average molecular weight is 272 g/mol. The zero-order chi connectivity index (χ0) is 13.9. The number of nitrogens with one attached hydrogen (secondary N) is 1. The molecule has 2 aromatic rings. The summed E-state index contributed by atoms with van der Waals surface area (Å²) in [5.74, 6) is 0.686. The van der Waals surface area contributed by atoms with Crippen molar-refractivity contribution in [1.29, 1.82) is 0 Å². The van der Waals surface area contributed by atoms with Gasteiger partial charge in [0.25, 0.3) is 0 Å². The smallest absolute Gasteiger partial charge is 0.223 e. The predicted molar refractivity (Wildman–Crippen MR) is 78.6 cm³/mol. The Kier molecular flexibility index (Phi) is 3.74. The van der Waals surface area contributed by atoms with Gasteiger partial charge in [0.15, 0.2) is 0 Å². The van der Waals surface area contributed by atoms with E-state index in [1.165, 1.54) is 10.9 Å². The summed E-state index contributed by atoms with van der Waals surface area (Å²) in [6.07, 6.45) is 3.59. The van der Waals surface area contributed by atoms with Gasteiger partial charge < -0.3 is 14.6 Å². The van der Waals surface area contributed by atoms with Gasteiger partial charge in [0.2, 0.25) is 5.91 Å². The number of amides is 1. The number of likely N-dealkylation sites (tertiary alicyclic amines) is 1. The summed E-state index contributed by atoms with van der Waals surface area (Å²) in [6.45, 7) is 2.18. The maximum atomic E-state index is 11.9. The Hall–Kier alpha value is -1.81. The van der Waals surface area contributed by atoms with Crippen molar-refractivity contribution in [1.82, 2.24) is 9.88 Å². The molecular weight excluding hydrogens is 252 g/mol. The Morgan fingerprint density at radius 3 is 3.15 bits per heavy atom. The van der Waals surface area contributed by atoms with E-state index in [-0.39, 0.29) is 5.91 Å². The van der Waals surface area contributed by atoms with Gasteiger partial charge in [-0.3, -0.25) is 4.79 Å². The standard InChI is InChI=1S/C16H20N2O2/c1-20-7-6-18-11-13(10-16(18)19)8-12-2-3-15-14(9-12)4-5-17-15/h2-5,9,13,17H,6-8,10-11H2,1H3/t13-/m1/s1. The van der Waals surface area contributed by atoms with Crippen LogP contribution in [-0.2, 0) is 16.0 Å². The average Bonchev–Trinajstić information content (AvgIpc) is 3.03. The first-order chi connectivity index (χ1) is 9.76. The molecule has 1 aliphatic rings. The highest BCUT2D eigenvalue weighted by Gasteiger charge is 2.29. The van der Waals surface area contributed by atoms with E-state index in [0.29, 0.717) is 25.5 Å². The molecule has 1 atom stereocenters. The SMILES string of the molecule is COCCN1C[C@H](Cc2ccc3[nH]ccc3c2)CC1=O. The van der Waals surface area contributed by atoms with E-state index in [1.807, 2.05) is 11.1 Å². The number of fused-ring (bicyclic) bond motifs is 1.